The van der Waals surface area contributed by atoms with Crippen LogP contribution >= 0.6 is 0 Å². The van der Waals surface area contributed by atoms with Crippen molar-refractivity contribution in [2.24, 2.45) is 5.73 Å². The van der Waals surface area contributed by atoms with Crippen LogP contribution in [0.1, 0.15) is 6.92 Å². The Bertz CT molecular complexity index is 80.1. The molecule has 0 aliphatic carbocycles. The minimum Gasteiger partial charge on any atom is -0.378 e. The molecule has 1 unspecified atom stereocenters. The molecule has 0 aromatic heterocycles. The monoisotopic (exact) mass is 163 g/mol. The van der Waals surface area contributed by atoms with Gasteiger partial charge in [-0.1, -0.05) is 0 Å². The molecular formula is C7H17NO3. The van der Waals surface area contributed by atoms with Crippen molar-refractivity contribution in [3.8, 4) is 0 Å². The number of ether oxygens (including phenoxy) is 3. The zero-order valence-electron chi connectivity index (χ0n) is 7.21. The summed E-state index contributed by atoms with van der Waals surface area (Å²) in [5.41, 5.74) is 5.21. The summed E-state index contributed by atoms with van der Waals surface area (Å²) in [5.74, 6) is 0. The Labute approximate surface area is 67.6 Å². The number of methoxy groups -OCH3 is 1. The molecule has 0 aromatic rings. The second-order valence-electron chi connectivity index (χ2n) is 2.08. The molecule has 0 heterocycles. The van der Waals surface area contributed by atoms with Gasteiger partial charge in [0.2, 0.25) is 0 Å². The predicted molar refractivity (Wildman–Crippen MR) is 42.3 cm³/mol. The standard InChI is InChI=1S/C7H17NO3/c1-7(9-2)11-6-5-10-4-3-8/h7H,3-6,8H2,1-2H3. The molecule has 0 aliphatic heterocycles. The van der Waals surface area contributed by atoms with E-state index in [0.717, 1.165) is 0 Å². The van der Waals surface area contributed by atoms with Crippen molar-refractivity contribution in [3.05, 3.63) is 0 Å². The molecule has 0 aromatic carbocycles. The first-order valence-corrected chi connectivity index (χ1v) is 3.73. The highest BCUT2D eigenvalue weighted by atomic mass is 16.7. The van der Waals surface area contributed by atoms with Crippen LogP contribution in [0.15, 0.2) is 0 Å². The molecular weight excluding hydrogens is 146 g/mol. The van der Waals surface area contributed by atoms with Crippen LogP contribution in [0.5, 0.6) is 0 Å². The van der Waals surface area contributed by atoms with Gasteiger partial charge in [-0.3, -0.25) is 0 Å². The molecule has 1 atom stereocenters. The van der Waals surface area contributed by atoms with E-state index in [1.165, 1.54) is 0 Å². The minimum atomic E-state index is -0.156. The first-order chi connectivity index (χ1) is 5.31. The molecule has 68 valence electrons. The Morgan fingerprint density at radius 2 is 2.00 bits per heavy atom. The summed E-state index contributed by atoms with van der Waals surface area (Å²) in [6, 6.07) is 0. The number of rotatable bonds is 7. The van der Waals surface area contributed by atoms with E-state index >= 15 is 0 Å². The molecule has 0 amide bonds. The molecule has 0 aliphatic rings. The summed E-state index contributed by atoms with van der Waals surface area (Å²) in [7, 11) is 1.60. The van der Waals surface area contributed by atoms with Crippen LogP contribution in [0.25, 0.3) is 0 Å². The van der Waals surface area contributed by atoms with E-state index in [0.29, 0.717) is 26.4 Å². The summed E-state index contributed by atoms with van der Waals surface area (Å²) < 4.78 is 15.1. The quantitative estimate of drug-likeness (QED) is 0.423. The summed E-state index contributed by atoms with van der Waals surface area (Å²) >= 11 is 0. The van der Waals surface area contributed by atoms with E-state index in [1.807, 2.05) is 6.92 Å². The zero-order valence-corrected chi connectivity index (χ0v) is 7.21. The lowest BCUT2D eigenvalue weighted by molar-refractivity contribution is -0.121. The van der Waals surface area contributed by atoms with Crippen molar-refractivity contribution in [1.82, 2.24) is 0 Å². The Kier molecular flexibility index (Phi) is 7.83. The molecule has 0 bridgehead atoms. The van der Waals surface area contributed by atoms with Gasteiger partial charge in [0, 0.05) is 13.7 Å². The predicted octanol–water partition coefficient (Wildman–Crippen LogP) is -0.0293. The topological polar surface area (TPSA) is 53.7 Å². The van der Waals surface area contributed by atoms with E-state index in [4.69, 9.17) is 19.9 Å². The fourth-order valence-corrected chi connectivity index (χ4v) is 0.526. The molecule has 0 fully saturated rings. The average Bonchev–Trinajstić information content (AvgIpc) is 2.04. The van der Waals surface area contributed by atoms with Gasteiger partial charge in [0.1, 0.15) is 0 Å². The first kappa shape index (κ1) is 10.8. The fraction of sp³-hybridized carbons (Fsp3) is 1.00. The third kappa shape index (κ3) is 7.74. The molecule has 4 nitrogen and oxygen atoms in total. The molecule has 11 heavy (non-hydrogen) atoms. The van der Waals surface area contributed by atoms with Crippen LogP contribution in [0.3, 0.4) is 0 Å². The average molecular weight is 163 g/mol. The molecule has 4 heteroatoms. The van der Waals surface area contributed by atoms with Gasteiger partial charge in [0.15, 0.2) is 6.29 Å². The lowest BCUT2D eigenvalue weighted by Gasteiger charge is -2.10. The molecule has 0 radical (unpaired) electrons. The molecule has 0 rings (SSSR count). The van der Waals surface area contributed by atoms with Crippen molar-refractivity contribution in [2.45, 2.75) is 13.2 Å². The van der Waals surface area contributed by atoms with Gasteiger partial charge >= 0.3 is 0 Å². The summed E-state index contributed by atoms with van der Waals surface area (Å²) in [4.78, 5) is 0. The summed E-state index contributed by atoms with van der Waals surface area (Å²) in [6.07, 6.45) is -0.156. The van der Waals surface area contributed by atoms with Gasteiger partial charge in [0.05, 0.1) is 19.8 Å². The van der Waals surface area contributed by atoms with Crippen molar-refractivity contribution < 1.29 is 14.2 Å². The third-order valence-corrected chi connectivity index (χ3v) is 1.17. The SMILES string of the molecule is COC(C)OCCOCCN. The van der Waals surface area contributed by atoms with Gasteiger partial charge < -0.3 is 19.9 Å². The highest BCUT2D eigenvalue weighted by molar-refractivity contribution is 4.34. The number of nitrogens with two attached hydrogens (primary N) is 1. The maximum atomic E-state index is 5.21. The third-order valence-electron chi connectivity index (χ3n) is 1.17. The Morgan fingerprint density at radius 1 is 1.27 bits per heavy atom. The highest BCUT2D eigenvalue weighted by Crippen LogP contribution is 1.89. The van der Waals surface area contributed by atoms with Crippen molar-refractivity contribution in [3.63, 3.8) is 0 Å². The van der Waals surface area contributed by atoms with Gasteiger partial charge in [-0.2, -0.15) is 0 Å². The summed E-state index contributed by atoms with van der Waals surface area (Å²) in [6.45, 7) is 4.10. The van der Waals surface area contributed by atoms with Gasteiger partial charge in [-0.25, -0.2) is 0 Å². The van der Waals surface area contributed by atoms with E-state index in [9.17, 15) is 0 Å². The van der Waals surface area contributed by atoms with E-state index in [2.05, 4.69) is 0 Å². The molecule has 0 saturated carbocycles. The van der Waals surface area contributed by atoms with Crippen molar-refractivity contribution in [1.29, 1.82) is 0 Å². The molecule has 0 spiro atoms. The summed E-state index contributed by atoms with van der Waals surface area (Å²) in [5, 5.41) is 0. The first-order valence-electron chi connectivity index (χ1n) is 3.73. The molecule has 0 saturated heterocycles. The van der Waals surface area contributed by atoms with Gasteiger partial charge in [0.25, 0.3) is 0 Å². The van der Waals surface area contributed by atoms with E-state index in [1.54, 1.807) is 7.11 Å². The van der Waals surface area contributed by atoms with Crippen molar-refractivity contribution >= 4 is 0 Å². The van der Waals surface area contributed by atoms with Crippen LogP contribution in [-0.4, -0.2) is 39.8 Å². The molecule has 2 N–H and O–H groups in total. The highest BCUT2D eigenvalue weighted by Gasteiger charge is 1.96. The van der Waals surface area contributed by atoms with Crippen LogP contribution in [-0.2, 0) is 14.2 Å². The lowest BCUT2D eigenvalue weighted by atomic mass is 10.7. The fourth-order valence-electron chi connectivity index (χ4n) is 0.526. The number of hydrogen-bond donors (Lipinski definition) is 1. The maximum Gasteiger partial charge on any atom is 0.154 e. The van der Waals surface area contributed by atoms with Crippen LogP contribution < -0.4 is 5.73 Å². The Morgan fingerprint density at radius 3 is 2.55 bits per heavy atom. The number of hydrogen-bond acceptors (Lipinski definition) is 4. The van der Waals surface area contributed by atoms with Crippen LogP contribution in [0, 0.1) is 0 Å². The van der Waals surface area contributed by atoms with Gasteiger partial charge in [-0.15, -0.1) is 0 Å². The minimum absolute atomic E-state index is 0.156. The van der Waals surface area contributed by atoms with E-state index in [-0.39, 0.29) is 6.29 Å². The smallest absolute Gasteiger partial charge is 0.154 e. The van der Waals surface area contributed by atoms with E-state index < -0.39 is 0 Å². The largest absolute Gasteiger partial charge is 0.378 e. The second kappa shape index (κ2) is 7.94. The zero-order chi connectivity index (χ0) is 8.53. The van der Waals surface area contributed by atoms with Gasteiger partial charge in [-0.05, 0) is 6.92 Å². The van der Waals surface area contributed by atoms with Crippen LogP contribution in [0.4, 0.5) is 0 Å². The van der Waals surface area contributed by atoms with Crippen molar-refractivity contribution in [2.75, 3.05) is 33.5 Å². The maximum absolute atomic E-state index is 5.21. The normalized spacial score (nSPS) is 13.4. The lowest BCUT2D eigenvalue weighted by Crippen LogP contribution is -2.16. The Hall–Kier alpha value is -0.160. The van der Waals surface area contributed by atoms with Crippen LogP contribution in [0.2, 0.25) is 0 Å². The second-order valence-corrected chi connectivity index (χ2v) is 2.08. The Balaban J connectivity index is 2.89.